The third-order valence-electron chi connectivity index (χ3n) is 1.69. The van der Waals surface area contributed by atoms with E-state index in [0.29, 0.717) is 12.2 Å². The van der Waals surface area contributed by atoms with E-state index < -0.39 is 0 Å². The van der Waals surface area contributed by atoms with Gasteiger partial charge >= 0.3 is 0 Å². The third-order valence-corrected chi connectivity index (χ3v) is 4.12. The molecule has 0 saturated carbocycles. The monoisotopic (exact) mass is 303 g/mol. The second kappa shape index (κ2) is 4.82. The van der Waals surface area contributed by atoms with Gasteiger partial charge in [-0.15, -0.1) is 16.4 Å². The molecule has 2 aromatic rings. The van der Waals surface area contributed by atoms with Crippen molar-refractivity contribution in [3.8, 4) is 0 Å². The van der Waals surface area contributed by atoms with Crippen LogP contribution in [0.3, 0.4) is 0 Å². The number of rotatable bonds is 3. The SMILES string of the molecule is O=C(NCc1sccc1Br)c1csnn1. The summed E-state index contributed by atoms with van der Waals surface area (Å²) in [5.74, 6) is -0.191. The van der Waals surface area contributed by atoms with E-state index in [-0.39, 0.29) is 5.91 Å². The van der Waals surface area contributed by atoms with Crippen LogP contribution in [0.15, 0.2) is 21.3 Å². The van der Waals surface area contributed by atoms with E-state index in [1.165, 1.54) is 11.5 Å². The molecule has 0 atom stereocenters. The summed E-state index contributed by atoms with van der Waals surface area (Å²) in [6.07, 6.45) is 0. The summed E-state index contributed by atoms with van der Waals surface area (Å²) in [4.78, 5) is 12.6. The lowest BCUT2D eigenvalue weighted by molar-refractivity contribution is 0.0946. The number of carbonyl (C=O) groups excluding carboxylic acids is 1. The quantitative estimate of drug-likeness (QED) is 0.946. The van der Waals surface area contributed by atoms with Crippen LogP contribution in [-0.2, 0) is 6.54 Å². The molecule has 4 nitrogen and oxygen atoms in total. The second-order valence-corrected chi connectivity index (χ2v) is 5.13. The number of halogens is 1. The molecule has 0 aliphatic heterocycles. The maximum absolute atomic E-state index is 11.5. The Morgan fingerprint density at radius 1 is 1.60 bits per heavy atom. The standard InChI is InChI=1S/C8H6BrN3OS2/c9-5-1-2-14-7(5)3-10-8(13)6-4-15-12-11-6/h1-2,4H,3H2,(H,10,13). The molecule has 0 bridgehead atoms. The first-order valence-corrected chi connectivity index (χ1v) is 6.55. The van der Waals surface area contributed by atoms with E-state index in [1.54, 1.807) is 16.7 Å². The van der Waals surface area contributed by atoms with Crippen LogP contribution in [0.25, 0.3) is 0 Å². The van der Waals surface area contributed by atoms with Crippen molar-refractivity contribution >= 4 is 44.7 Å². The number of thiophene rings is 1. The van der Waals surface area contributed by atoms with Gasteiger partial charge in [-0.2, -0.15) is 0 Å². The smallest absolute Gasteiger partial charge is 0.273 e. The summed E-state index contributed by atoms with van der Waals surface area (Å²) in [7, 11) is 0. The van der Waals surface area contributed by atoms with Crippen LogP contribution in [0.1, 0.15) is 15.4 Å². The highest BCUT2D eigenvalue weighted by Crippen LogP contribution is 2.22. The van der Waals surface area contributed by atoms with Crippen molar-refractivity contribution in [1.29, 1.82) is 0 Å². The van der Waals surface area contributed by atoms with Crippen molar-refractivity contribution in [2.75, 3.05) is 0 Å². The lowest BCUT2D eigenvalue weighted by Gasteiger charge is -2.00. The molecule has 0 fully saturated rings. The molecule has 0 aliphatic carbocycles. The molecule has 7 heteroatoms. The Hall–Kier alpha value is -0.790. The summed E-state index contributed by atoms with van der Waals surface area (Å²) in [6, 6.07) is 1.95. The minimum atomic E-state index is -0.191. The fourth-order valence-corrected chi connectivity index (χ4v) is 2.83. The highest BCUT2D eigenvalue weighted by atomic mass is 79.9. The van der Waals surface area contributed by atoms with E-state index in [1.807, 2.05) is 11.4 Å². The number of nitrogens with one attached hydrogen (secondary N) is 1. The number of aromatic nitrogens is 2. The molecule has 2 rings (SSSR count). The molecule has 0 spiro atoms. The Morgan fingerprint density at radius 3 is 3.07 bits per heavy atom. The zero-order valence-corrected chi connectivity index (χ0v) is 10.7. The summed E-state index contributed by atoms with van der Waals surface area (Å²) in [6.45, 7) is 0.509. The molecule has 0 saturated heterocycles. The summed E-state index contributed by atoms with van der Waals surface area (Å²) in [5, 5.41) is 10.1. The van der Waals surface area contributed by atoms with Gasteiger partial charge in [-0.3, -0.25) is 4.79 Å². The van der Waals surface area contributed by atoms with Crippen LogP contribution in [0.5, 0.6) is 0 Å². The Bertz CT molecular complexity index is 454. The van der Waals surface area contributed by atoms with Gasteiger partial charge in [-0.1, -0.05) is 4.49 Å². The summed E-state index contributed by atoms with van der Waals surface area (Å²) in [5.41, 5.74) is 0.368. The van der Waals surface area contributed by atoms with E-state index in [4.69, 9.17) is 0 Å². The zero-order valence-electron chi connectivity index (χ0n) is 7.44. The predicted octanol–water partition coefficient (Wildman–Crippen LogP) is 2.29. The highest BCUT2D eigenvalue weighted by molar-refractivity contribution is 9.10. The minimum absolute atomic E-state index is 0.191. The maximum atomic E-state index is 11.5. The molecule has 78 valence electrons. The first kappa shape index (κ1) is 10.7. The molecule has 2 heterocycles. The van der Waals surface area contributed by atoms with E-state index in [9.17, 15) is 4.79 Å². The van der Waals surface area contributed by atoms with Gasteiger partial charge < -0.3 is 5.32 Å². The van der Waals surface area contributed by atoms with Crippen molar-refractivity contribution in [2.24, 2.45) is 0 Å². The van der Waals surface area contributed by atoms with Crippen molar-refractivity contribution in [2.45, 2.75) is 6.54 Å². The van der Waals surface area contributed by atoms with Gasteiger partial charge in [0.15, 0.2) is 5.69 Å². The summed E-state index contributed by atoms with van der Waals surface area (Å²) >= 11 is 6.16. The Balaban J connectivity index is 1.95. The van der Waals surface area contributed by atoms with E-state index in [0.717, 1.165) is 9.35 Å². The van der Waals surface area contributed by atoms with Gasteiger partial charge in [0.05, 0.1) is 6.54 Å². The Kier molecular flexibility index (Phi) is 3.45. The van der Waals surface area contributed by atoms with Crippen molar-refractivity contribution in [3.63, 3.8) is 0 Å². The second-order valence-electron chi connectivity index (χ2n) is 2.66. The topological polar surface area (TPSA) is 54.9 Å². The minimum Gasteiger partial charge on any atom is -0.346 e. The van der Waals surface area contributed by atoms with Crippen LogP contribution in [0, 0.1) is 0 Å². The molecule has 0 aromatic carbocycles. The third kappa shape index (κ3) is 2.61. The zero-order chi connectivity index (χ0) is 10.7. The molecular formula is C8H6BrN3OS2. The van der Waals surface area contributed by atoms with Gasteiger partial charge in [-0.25, -0.2) is 0 Å². The molecule has 1 N–H and O–H groups in total. The fraction of sp³-hybridized carbons (Fsp3) is 0.125. The van der Waals surface area contributed by atoms with E-state index >= 15 is 0 Å². The number of nitrogens with zero attached hydrogens (tertiary/aromatic N) is 2. The van der Waals surface area contributed by atoms with Crippen LogP contribution in [-0.4, -0.2) is 15.5 Å². The predicted molar refractivity (Wildman–Crippen MR) is 63.1 cm³/mol. The van der Waals surface area contributed by atoms with Crippen molar-refractivity contribution < 1.29 is 4.79 Å². The first-order valence-electron chi connectivity index (χ1n) is 4.04. The average molecular weight is 304 g/mol. The molecular weight excluding hydrogens is 298 g/mol. The number of carbonyl (C=O) groups is 1. The first-order chi connectivity index (χ1) is 7.27. The van der Waals surface area contributed by atoms with Crippen LogP contribution >= 0.6 is 38.8 Å². The van der Waals surface area contributed by atoms with Crippen LogP contribution < -0.4 is 5.32 Å². The van der Waals surface area contributed by atoms with Crippen molar-refractivity contribution in [1.82, 2.24) is 14.9 Å². The highest BCUT2D eigenvalue weighted by Gasteiger charge is 2.09. The lowest BCUT2D eigenvalue weighted by Crippen LogP contribution is -2.22. The van der Waals surface area contributed by atoms with Gasteiger partial charge in [-0.05, 0) is 38.9 Å². The average Bonchev–Trinajstić information content (AvgIpc) is 2.85. The van der Waals surface area contributed by atoms with Crippen LogP contribution in [0.2, 0.25) is 0 Å². The Morgan fingerprint density at radius 2 is 2.47 bits per heavy atom. The summed E-state index contributed by atoms with van der Waals surface area (Å²) < 4.78 is 4.65. The number of hydrogen-bond acceptors (Lipinski definition) is 5. The number of hydrogen-bond donors (Lipinski definition) is 1. The molecule has 0 aliphatic rings. The van der Waals surface area contributed by atoms with Crippen LogP contribution in [0.4, 0.5) is 0 Å². The number of amides is 1. The van der Waals surface area contributed by atoms with Gasteiger partial charge in [0.25, 0.3) is 5.91 Å². The lowest BCUT2D eigenvalue weighted by atomic mass is 10.4. The van der Waals surface area contributed by atoms with Gasteiger partial charge in [0.1, 0.15) is 0 Å². The molecule has 0 radical (unpaired) electrons. The molecule has 1 amide bonds. The Labute approximate surface area is 103 Å². The molecule has 2 aromatic heterocycles. The fourth-order valence-electron chi connectivity index (χ4n) is 0.966. The maximum Gasteiger partial charge on any atom is 0.273 e. The normalized spacial score (nSPS) is 10.2. The largest absolute Gasteiger partial charge is 0.346 e. The molecule has 0 unspecified atom stereocenters. The van der Waals surface area contributed by atoms with E-state index in [2.05, 4.69) is 30.8 Å². The van der Waals surface area contributed by atoms with Gasteiger partial charge in [0.2, 0.25) is 0 Å². The van der Waals surface area contributed by atoms with Gasteiger partial charge in [0, 0.05) is 14.7 Å². The molecule has 15 heavy (non-hydrogen) atoms. The van der Waals surface area contributed by atoms with Crippen molar-refractivity contribution in [3.05, 3.63) is 31.9 Å².